The first-order chi connectivity index (χ1) is 12.5. The largest absolute Gasteiger partial charge is 0.366 e. The van der Waals surface area contributed by atoms with Crippen molar-refractivity contribution in [3.8, 4) is 11.1 Å². The maximum Gasteiger partial charge on any atom is 0.251 e. The molecule has 1 aliphatic rings. The Morgan fingerprint density at radius 2 is 1.69 bits per heavy atom. The van der Waals surface area contributed by atoms with E-state index in [2.05, 4.69) is 46.5 Å². The van der Waals surface area contributed by atoms with E-state index in [1.54, 1.807) is 0 Å². The molecule has 3 rings (SSSR count). The number of benzene rings is 1. The molecule has 1 amide bonds. The third kappa shape index (κ3) is 3.75. The molecule has 1 aliphatic carbocycles. The highest BCUT2D eigenvalue weighted by atomic mass is 79.9. The van der Waals surface area contributed by atoms with Crippen LogP contribution in [0, 0.1) is 6.92 Å². The predicted molar refractivity (Wildman–Crippen MR) is 112 cm³/mol. The molecule has 3 nitrogen and oxygen atoms in total. The lowest BCUT2D eigenvalue weighted by atomic mass is 9.96. The van der Waals surface area contributed by atoms with Crippen molar-refractivity contribution in [3.63, 3.8) is 0 Å². The number of amides is 1. The van der Waals surface area contributed by atoms with Crippen LogP contribution in [0.25, 0.3) is 11.1 Å². The number of nitrogens with two attached hydrogens (primary N) is 1. The average Bonchev–Trinajstić information content (AvgIpc) is 2.88. The van der Waals surface area contributed by atoms with E-state index < -0.39 is 0 Å². The molecule has 1 heterocycles. The molecular weight excluding hydrogens is 388 g/mol. The number of nitrogens with zero attached hydrogens (tertiary/aromatic N) is 1. The number of primary amides is 1. The van der Waals surface area contributed by atoms with E-state index >= 15 is 0 Å². The molecule has 1 aromatic heterocycles. The van der Waals surface area contributed by atoms with Crippen molar-refractivity contribution in [3.05, 3.63) is 45.7 Å². The fraction of sp³-hybridized carbons (Fsp3) is 0.500. The number of hydrogen-bond donors (Lipinski definition) is 1. The summed E-state index contributed by atoms with van der Waals surface area (Å²) in [6.45, 7) is 4.25. The van der Waals surface area contributed by atoms with E-state index in [-0.39, 0.29) is 5.91 Å². The van der Waals surface area contributed by atoms with Crippen LogP contribution in [0.4, 0.5) is 0 Å². The molecule has 26 heavy (non-hydrogen) atoms. The highest BCUT2D eigenvalue weighted by Gasteiger charge is 2.27. The van der Waals surface area contributed by atoms with E-state index in [1.807, 2.05) is 12.1 Å². The Morgan fingerprint density at radius 3 is 2.23 bits per heavy atom. The van der Waals surface area contributed by atoms with Crippen LogP contribution >= 0.6 is 15.9 Å². The maximum absolute atomic E-state index is 12.4. The van der Waals surface area contributed by atoms with E-state index in [0.717, 1.165) is 27.7 Å². The Labute approximate surface area is 165 Å². The lowest BCUT2D eigenvalue weighted by Gasteiger charge is -2.25. The fourth-order valence-electron chi connectivity index (χ4n) is 4.53. The van der Waals surface area contributed by atoms with Gasteiger partial charge in [0, 0.05) is 27.5 Å². The normalized spacial score (nSPS) is 16.3. The van der Waals surface area contributed by atoms with Gasteiger partial charge in [-0.3, -0.25) is 4.79 Å². The van der Waals surface area contributed by atoms with Gasteiger partial charge in [-0.1, -0.05) is 67.1 Å². The molecule has 0 saturated heterocycles. The third-order valence-corrected chi connectivity index (χ3v) is 6.24. The Bertz CT molecular complexity index is 768. The zero-order valence-corrected chi connectivity index (χ0v) is 17.4. The molecule has 4 heteroatoms. The van der Waals surface area contributed by atoms with Gasteiger partial charge in [0.1, 0.15) is 0 Å². The van der Waals surface area contributed by atoms with Gasteiger partial charge in [-0.05, 0) is 43.9 Å². The first-order valence-corrected chi connectivity index (χ1v) is 10.6. The number of rotatable bonds is 4. The summed E-state index contributed by atoms with van der Waals surface area (Å²) >= 11 is 3.50. The van der Waals surface area contributed by atoms with Gasteiger partial charge in [-0.25, -0.2) is 0 Å². The second-order valence-corrected chi connectivity index (χ2v) is 8.29. The summed E-state index contributed by atoms with van der Waals surface area (Å²) < 4.78 is 3.49. The van der Waals surface area contributed by atoms with Crippen molar-refractivity contribution in [2.45, 2.75) is 71.3 Å². The first kappa shape index (κ1) is 19.2. The molecule has 2 aromatic rings. The van der Waals surface area contributed by atoms with Crippen LogP contribution in [0.3, 0.4) is 0 Å². The van der Waals surface area contributed by atoms with Gasteiger partial charge in [-0.15, -0.1) is 0 Å². The molecule has 0 aliphatic heterocycles. The van der Waals surface area contributed by atoms with Gasteiger partial charge >= 0.3 is 0 Å². The van der Waals surface area contributed by atoms with E-state index in [9.17, 15) is 4.79 Å². The van der Waals surface area contributed by atoms with E-state index in [0.29, 0.717) is 11.6 Å². The second kappa shape index (κ2) is 8.43. The standard InChI is InChI=1S/C22H29BrN2O/c1-3-19-21(16-11-13-17(23)14-12-16)20(22(24)26)15(2)25(19)18-9-7-5-4-6-8-10-18/h11-14,18H,3-10H2,1-2H3,(H2,24,26). The molecule has 1 saturated carbocycles. The molecular formula is C22H29BrN2O. The van der Waals surface area contributed by atoms with Crippen LogP contribution in [0.15, 0.2) is 28.7 Å². The highest BCUT2D eigenvalue weighted by molar-refractivity contribution is 9.10. The fourth-order valence-corrected chi connectivity index (χ4v) is 4.80. The summed E-state index contributed by atoms with van der Waals surface area (Å²) in [6, 6.07) is 8.69. The van der Waals surface area contributed by atoms with E-state index in [4.69, 9.17) is 5.73 Å². The smallest absolute Gasteiger partial charge is 0.251 e. The lowest BCUT2D eigenvalue weighted by molar-refractivity contribution is 0.1000. The van der Waals surface area contributed by atoms with Crippen molar-refractivity contribution in [1.82, 2.24) is 4.57 Å². The molecule has 0 atom stereocenters. The summed E-state index contributed by atoms with van der Waals surface area (Å²) in [4.78, 5) is 12.4. The van der Waals surface area contributed by atoms with E-state index in [1.165, 1.54) is 50.6 Å². The predicted octanol–water partition coefficient (Wildman–Crippen LogP) is 6.17. The minimum Gasteiger partial charge on any atom is -0.366 e. The Morgan fingerprint density at radius 1 is 1.12 bits per heavy atom. The van der Waals surface area contributed by atoms with Crippen LogP contribution in [-0.4, -0.2) is 10.5 Å². The van der Waals surface area contributed by atoms with Crippen molar-refractivity contribution in [1.29, 1.82) is 0 Å². The second-order valence-electron chi connectivity index (χ2n) is 7.38. The molecule has 140 valence electrons. The summed E-state index contributed by atoms with van der Waals surface area (Å²) in [6.07, 6.45) is 9.82. The molecule has 0 radical (unpaired) electrons. The van der Waals surface area contributed by atoms with Gasteiger partial charge in [0.05, 0.1) is 5.56 Å². The molecule has 1 fully saturated rings. The van der Waals surface area contributed by atoms with Gasteiger partial charge in [-0.2, -0.15) is 0 Å². The topological polar surface area (TPSA) is 48.0 Å². The van der Waals surface area contributed by atoms with Crippen LogP contribution in [0.1, 0.15) is 79.7 Å². The molecule has 0 spiro atoms. The molecule has 1 aromatic carbocycles. The summed E-state index contributed by atoms with van der Waals surface area (Å²) in [7, 11) is 0. The number of hydrogen-bond acceptors (Lipinski definition) is 1. The molecule has 0 unspecified atom stereocenters. The Kier molecular flexibility index (Phi) is 6.23. The monoisotopic (exact) mass is 416 g/mol. The van der Waals surface area contributed by atoms with Gasteiger partial charge in [0.25, 0.3) is 5.91 Å². The molecule has 0 bridgehead atoms. The van der Waals surface area contributed by atoms with Crippen molar-refractivity contribution in [2.24, 2.45) is 5.73 Å². The minimum absolute atomic E-state index is 0.320. The van der Waals surface area contributed by atoms with Crippen LogP contribution < -0.4 is 5.73 Å². The summed E-state index contributed by atoms with van der Waals surface area (Å²) in [5.41, 5.74) is 10.9. The quantitative estimate of drug-likeness (QED) is 0.635. The van der Waals surface area contributed by atoms with Crippen LogP contribution in [-0.2, 0) is 6.42 Å². The average molecular weight is 417 g/mol. The number of aromatic nitrogens is 1. The highest BCUT2D eigenvalue weighted by Crippen LogP contribution is 2.38. The Balaban J connectivity index is 2.17. The van der Waals surface area contributed by atoms with Crippen molar-refractivity contribution in [2.75, 3.05) is 0 Å². The number of carbonyl (C=O) groups excluding carboxylic acids is 1. The summed E-state index contributed by atoms with van der Waals surface area (Å²) in [5.74, 6) is -0.320. The lowest BCUT2D eigenvalue weighted by Crippen LogP contribution is -2.17. The third-order valence-electron chi connectivity index (χ3n) is 5.71. The molecule has 2 N–H and O–H groups in total. The number of halogens is 1. The van der Waals surface area contributed by atoms with Gasteiger partial charge in [0.2, 0.25) is 0 Å². The first-order valence-electron chi connectivity index (χ1n) is 9.84. The minimum atomic E-state index is -0.320. The Hall–Kier alpha value is -1.55. The van der Waals surface area contributed by atoms with Gasteiger partial charge < -0.3 is 10.3 Å². The zero-order chi connectivity index (χ0) is 18.7. The zero-order valence-electron chi connectivity index (χ0n) is 15.9. The van der Waals surface area contributed by atoms with Crippen molar-refractivity contribution >= 4 is 21.8 Å². The van der Waals surface area contributed by atoms with Gasteiger partial charge in [0.15, 0.2) is 0 Å². The van der Waals surface area contributed by atoms with Crippen LogP contribution in [0.5, 0.6) is 0 Å². The maximum atomic E-state index is 12.4. The van der Waals surface area contributed by atoms with Crippen molar-refractivity contribution < 1.29 is 4.79 Å². The van der Waals surface area contributed by atoms with Crippen LogP contribution in [0.2, 0.25) is 0 Å². The summed E-state index contributed by atoms with van der Waals surface area (Å²) in [5, 5.41) is 0. The SMILES string of the molecule is CCc1c(-c2ccc(Br)cc2)c(C(N)=O)c(C)n1C1CCCCCCC1. The number of carbonyl (C=O) groups is 1.